The lowest BCUT2D eigenvalue weighted by molar-refractivity contribution is -0.139. The third-order valence-corrected chi connectivity index (χ3v) is 5.24. The van der Waals surface area contributed by atoms with Gasteiger partial charge in [-0.1, -0.05) is 23.4 Å². The summed E-state index contributed by atoms with van der Waals surface area (Å²) in [5, 5.41) is 10.9. The fourth-order valence-corrected chi connectivity index (χ4v) is 3.77. The van der Waals surface area contributed by atoms with Crippen LogP contribution in [0.3, 0.4) is 0 Å². The molecule has 1 fully saturated rings. The van der Waals surface area contributed by atoms with Crippen molar-refractivity contribution in [2.75, 3.05) is 13.1 Å². The molecule has 0 radical (unpaired) electrons. The fraction of sp³-hybridized carbons (Fsp3) is 0.500. The molecule has 4 rings (SSSR count). The van der Waals surface area contributed by atoms with Gasteiger partial charge in [-0.15, -0.1) is 5.10 Å². The Labute approximate surface area is 163 Å². The van der Waals surface area contributed by atoms with E-state index in [0.717, 1.165) is 24.2 Å². The number of rotatable bonds is 4. The molecule has 0 saturated carbocycles. The summed E-state index contributed by atoms with van der Waals surface area (Å²) in [6.45, 7) is 5.10. The quantitative estimate of drug-likeness (QED) is 0.866. The number of ether oxygens (including phenoxy) is 1. The second-order valence-electron chi connectivity index (χ2n) is 7.69. The zero-order valence-corrected chi connectivity index (χ0v) is 16.2. The smallest absolute Gasteiger partial charge is 0.273 e. The fourth-order valence-electron chi connectivity index (χ4n) is 3.77. The summed E-state index contributed by atoms with van der Waals surface area (Å²) in [7, 11) is 0. The summed E-state index contributed by atoms with van der Waals surface area (Å²) < 4.78 is 7.58. The minimum absolute atomic E-state index is 0.0465. The van der Waals surface area contributed by atoms with E-state index in [9.17, 15) is 9.59 Å². The van der Waals surface area contributed by atoms with E-state index in [1.54, 1.807) is 10.9 Å². The van der Waals surface area contributed by atoms with E-state index < -0.39 is 6.10 Å². The van der Waals surface area contributed by atoms with E-state index in [2.05, 4.69) is 15.6 Å². The Balaban J connectivity index is 1.32. The molecule has 1 unspecified atom stereocenters. The largest absolute Gasteiger partial charge is 0.480 e. The number of amides is 2. The number of likely N-dealkylation sites (tertiary alicyclic amines) is 1. The number of para-hydroxylation sites is 1. The first-order valence-electron chi connectivity index (χ1n) is 9.77. The van der Waals surface area contributed by atoms with Crippen LogP contribution in [-0.2, 0) is 11.2 Å². The van der Waals surface area contributed by atoms with Gasteiger partial charge < -0.3 is 15.0 Å². The lowest BCUT2D eigenvalue weighted by Gasteiger charge is -2.33. The average Bonchev–Trinajstić information content (AvgIpc) is 3.34. The Morgan fingerprint density at radius 1 is 1.21 bits per heavy atom. The molecular weight excluding hydrogens is 358 g/mol. The van der Waals surface area contributed by atoms with Crippen LogP contribution in [-0.4, -0.2) is 56.9 Å². The maximum atomic E-state index is 12.8. The van der Waals surface area contributed by atoms with Crippen molar-refractivity contribution < 1.29 is 14.3 Å². The van der Waals surface area contributed by atoms with Crippen molar-refractivity contribution in [2.45, 2.75) is 51.3 Å². The van der Waals surface area contributed by atoms with Gasteiger partial charge in [-0.25, -0.2) is 4.68 Å². The Kier molecular flexibility index (Phi) is 5.02. The van der Waals surface area contributed by atoms with Gasteiger partial charge in [-0.3, -0.25) is 9.59 Å². The monoisotopic (exact) mass is 383 g/mol. The summed E-state index contributed by atoms with van der Waals surface area (Å²) in [5.41, 5.74) is 1.41. The Morgan fingerprint density at radius 3 is 2.68 bits per heavy atom. The molecular formula is C20H25N5O3. The third-order valence-electron chi connectivity index (χ3n) is 5.24. The number of carbonyl (C=O) groups is 2. The standard InChI is InChI=1S/C20H25N5O3/c1-13(2)21-19(26)16-12-25(23-22-16)15-7-9-24(10-8-15)20(27)18-11-14-5-3-4-6-17(14)28-18/h3-6,12-13,15,18H,7-11H2,1-2H3,(H,21,26). The molecule has 8 nitrogen and oxygen atoms in total. The van der Waals surface area contributed by atoms with Gasteiger partial charge in [0.1, 0.15) is 5.75 Å². The second-order valence-corrected chi connectivity index (χ2v) is 7.69. The molecule has 28 heavy (non-hydrogen) atoms. The second kappa shape index (κ2) is 7.61. The van der Waals surface area contributed by atoms with Crippen LogP contribution < -0.4 is 10.1 Å². The van der Waals surface area contributed by atoms with E-state index in [1.165, 1.54) is 0 Å². The predicted octanol–water partition coefficient (Wildman–Crippen LogP) is 1.58. The van der Waals surface area contributed by atoms with E-state index >= 15 is 0 Å². The molecule has 0 bridgehead atoms. The Morgan fingerprint density at radius 2 is 1.96 bits per heavy atom. The minimum Gasteiger partial charge on any atom is -0.480 e. The van der Waals surface area contributed by atoms with Crippen LogP contribution >= 0.6 is 0 Å². The number of aromatic nitrogens is 3. The molecule has 2 aliphatic heterocycles. The van der Waals surface area contributed by atoms with Gasteiger partial charge >= 0.3 is 0 Å². The lowest BCUT2D eigenvalue weighted by Crippen LogP contribution is -2.45. The molecule has 0 spiro atoms. The maximum absolute atomic E-state index is 12.8. The summed E-state index contributed by atoms with van der Waals surface area (Å²) in [6, 6.07) is 7.99. The van der Waals surface area contributed by atoms with Crippen molar-refractivity contribution in [1.82, 2.24) is 25.2 Å². The molecule has 1 aromatic heterocycles. The summed E-state index contributed by atoms with van der Waals surface area (Å²) in [6.07, 6.45) is 3.45. The SMILES string of the molecule is CC(C)NC(=O)c1cn(C2CCN(C(=O)C3Cc4ccccc4O3)CC2)nn1. The Bertz CT molecular complexity index is 845. The van der Waals surface area contributed by atoms with Crippen molar-refractivity contribution in [1.29, 1.82) is 0 Å². The number of nitrogens with one attached hydrogen (secondary N) is 1. The van der Waals surface area contributed by atoms with Gasteiger partial charge in [0, 0.05) is 25.6 Å². The van der Waals surface area contributed by atoms with E-state index in [4.69, 9.17) is 4.74 Å². The third kappa shape index (κ3) is 3.72. The van der Waals surface area contributed by atoms with Crippen LogP contribution in [0.2, 0.25) is 0 Å². The summed E-state index contributed by atoms with van der Waals surface area (Å²) in [4.78, 5) is 26.7. The van der Waals surface area contributed by atoms with Gasteiger partial charge in [0.05, 0.1) is 12.2 Å². The summed E-state index contributed by atoms with van der Waals surface area (Å²) in [5.74, 6) is 0.641. The number of hydrogen-bond acceptors (Lipinski definition) is 5. The first-order chi connectivity index (χ1) is 13.5. The van der Waals surface area contributed by atoms with Crippen LogP contribution in [0, 0.1) is 0 Å². The van der Waals surface area contributed by atoms with Gasteiger partial charge in [0.2, 0.25) is 0 Å². The highest BCUT2D eigenvalue weighted by Gasteiger charge is 2.34. The molecule has 0 aliphatic carbocycles. The molecule has 1 aromatic carbocycles. The lowest BCUT2D eigenvalue weighted by atomic mass is 10.0. The topological polar surface area (TPSA) is 89.4 Å². The predicted molar refractivity (Wildman–Crippen MR) is 102 cm³/mol. The van der Waals surface area contributed by atoms with Crippen molar-refractivity contribution in [2.24, 2.45) is 0 Å². The zero-order chi connectivity index (χ0) is 19.7. The van der Waals surface area contributed by atoms with Gasteiger partial charge in [-0.2, -0.15) is 0 Å². The van der Waals surface area contributed by atoms with Gasteiger partial charge in [0.15, 0.2) is 11.8 Å². The molecule has 1 N–H and O–H groups in total. The average molecular weight is 383 g/mol. The van der Waals surface area contributed by atoms with E-state index in [-0.39, 0.29) is 23.9 Å². The molecule has 1 saturated heterocycles. The number of hydrogen-bond donors (Lipinski definition) is 1. The normalized spacial score (nSPS) is 19.4. The van der Waals surface area contributed by atoms with Crippen molar-refractivity contribution in [3.63, 3.8) is 0 Å². The van der Waals surface area contributed by atoms with Crippen LogP contribution in [0.25, 0.3) is 0 Å². The van der Waals surface area contributed by atoms with E-state index in [1.807, 2.05) is 43.0 Å². The van der Waals surface area contributed by atoms with Crippen LogP contribution in [0.15, 0.2) is 30.5 Å². The van der Waals surface area contributed by atoms with Crippen molar-refractivity contribution >= 4 is 11.8 Å². The number of benzene rings is 1. The molecule has 2 aliphatic rings. The molecule has 2 amide bonds. The number of piperidine rings is 1. The number of carbonyl (C=O) groups excluding carboxylic acids is 2. The first kappa shape index (κ1) is 18.5. The van der Waals surface area contributed by atoms with Crippen LogP contribution in [0.5, 0.6) is 5.75 Å². The van der Waals surface area contributed by atoms with Crippen molar-refractivity contribution in [3.8, 4) is 5.75 Å². The van der Waals surface area contributed by atoms with Crippen LogP contribution in [0.1, 0.15) is 48.8 Å². The number of nitrogens with zero attached hydrogens (tertiary/aromatic N) is 4. The highest BCUT2D eigenvalue weighted by Crippen LogP contribution is 2.30. The Hall–Kier alpha value is -2.90. The van der Waals surface area contributed by atoms with Gasteiger partial charge in [0.25, 0.3) is 11.8 Å². The number of fused-ring (bicyclic) bond motifs is 1. The zero-order valence-electron chi connectivity index (χ0n) is 16.2. The first-order valence-corrected chi connectivity index (χ1v) is 9.77. The molecule has 8 heteroatoms. The molecule has 2 aromatic rings. The van der Waals surface area contributed by atoms with Crippen molar-refractivity contribution in [3.05, 3.63) is 41.7 Å². The molecule has 148 valence electrons. The van der Waals surface area contributed by atoms with Crippen LogP contribution in [0.4, 0.5) is 0 Å². The van der Waals surface area contributed by atoms with E-state index in [0.29, 0.717) is 25.2 Å². The maximum Gasteiger partial charge on any atom is 0.273 e. The highest BCUT2D eigenvalue weighted by atomic mass is 16.5. The highest BCUT2D eigenvalue weighted by molar-refractivity contribution is 5.92. The summed E-state index contributed by atoms with van der Waals surface area (Å²) >= 11 is 0. The minimum atomic E-state index is -0.424. The van der Waals surface area contributed by atoms with Gasteiger partial charge in [-0.05, 0) is 38.3 Å². The molecule has 3 heterocycles. The molecule has 1 atom stereocenters.